The normalized spacial score (nSPS) is 27.3. The van der Waals surface area contributed by atoms with Crippen molar-refractivity contribution in [2.75, 3.05) is 19.7 Å². The van der Waals surface area contributed by atoms with Gasteiger partial charge in [0.05, 0.1) is 11.5 Å². The number of H-pyrrole nitrogens is 1. The molecule has 3 heterocycles. The second-order valence-corrected chi connectivity index (χ2v) is 5.49. The average molecular weight is 268 g/mol. The highest BCUT2D eigenvalue weighted by Crippen LogP contribution is 2.34. The number of carbonyl (C=O) groups is 1. The van der Waals surface area contributed by atoms with Crippen LogP contribution in [0.25, 0.3) is 0 Å². The van der Waals surface area contributed by atoms with Crippen molar-refractivity contribution in [3.63, 3.8) is 0 Å². The van der Waals surface area contributed by atoms with Crippen LogP contribution >= 0.6 is 11.9 Å². The molecule has 0 aromatic carbocycles. The van der Waals surface area contributed by atoms with Crippen LogP contribution in [0.5, 0.6) is 5.75 Å². The van der Waals surface area contributed by atoms with E-state index in [9.17, 15) is 4.79 Å². The van der Waals surface area contributed by atoms with Gasteiger partial charge in [0, 0.05) is 24.7 Å². The molecule has 98 valence electrons. The van der Waals surface area contributed by atoms with Crippen LogP contribution in [0.15, 0.2) is 11.1 Å². The van der Waals surface area contributed by atoms with E-state index in [1.807, 2.05) is 0 Å². The minimum atomic E-state index is -0.487. The molecular formula is C11H16N4O2S. The Morgan fingerprint density at radius 1 is 1.56 bits per heavy atom. The number of rotatable bonds is 1. The number of fused-ring (bicyclic) bond motifs is 2. The molecule has 0 spiro atoms. The first-order chi connectivity index (χ1) is 8.75. The topological polar surface area (TPSA) is 92.2 Å². The molecule has 1 fully saturated rings. The van der Waals surface area contributed by atoms with Gasteiger partial charge in [0.2, 0.25) is 0 Å². The maximum Gasteiger partial charge on any atom is 0.269 e. The van der Waals surface area contributed by atoms with Gasteiger partial charge in [-0.3, -0.25) is 9.52 Å². The van der Waals surface area contributed by atoms with E-state index in [0.29, 0.717) is 30.0 Å². The van der Waals surface area contributed by atoms with Crippen LogP contribution in [0.1, 0.15) is 16.9 Å². The average Bonchev–Trinajstić information content (AvgIpc) is 2.74. The standard InChI is InChI=1S/C11H16N4O2S/c12-11(16)9-10-8(4-14-9)18-15-7-3-13-2-1-6(7)5-17-10/h4,6-7,13-15H,1-3,5H2,(H2,12,16). The number of carbonyl (C=O) groups excluding carboxylic acids is 1. The summed E-state index contributed by atoms with van der Waals surface area (Å²) in [6, 6.07) is 0.392. The van der Waals surface area contributed by atoms with E-state index in [0.717, 1.165) is 24.4 Å². The summed E-state index contributed by atoms with van der Waals surface area (Å²) in [6.07, 6.45) is 2.83. The van der Waals surface area contributed by atoms with Crippen LogP contribution in [0.2, 0.25) is 0 Å². The van der Waals surface area contributed by atoms with Crippen molar-refractivity contribution in [3.8, 4) is 5.75 Å². The van der Waals surface area contributed by atoms with Crippen LogP contribution < -0.4 is 20.5 Å². The molecule has 1 aromatic heterocycles. The van der Waals surface area contributed by atoms with Crippen LogP contribution in [0.4, 0.5) is 0 Å². The summed E-state index contributed by atoms with van der Waals surface area (Å²) < 4.78 is 9.24. The van der Waals surface area contributed by atoms with E-state index < -0.39 is 5.91 Å². The molecule has 2 unspecified atom stereocenters. The van der Waals surface area contributed by atoms with E-state index in [4.69, 9.17) is 10.5 Å². The molecule has 0 saturated carbocycles. The molecule has 1 saturated heterocycles. The largest absolute Gasteiger partial charge is 0.490 e. The van der Waals surface area contributed by atoms with Crippen molar-refractivity contribution in [2.45, 2.75) is 17.4 Å². The maximum atomic E-state index is 11.3. The third-order valence-corrected chi connectivity index (χ3v) is 4.38. The summed E-state index contributed by atoms with van der Waals surface area (Å²) >= 11 is 1.49. The van der Waals surface area contributed by atoms with E-state index in [1.54, 1.807) is 6.20 Å². The quantitative estimate of drug-likeness (QED) is 0.541. The zero-order valence-corrected chi connectivity index (χ0v) is 10.7. The summed E-state index contributed by atoms with van der Waals surface area (Å²) in [5.74, 6) is 0.554. The number of hydrogen-bond donors (Lipinski definition) is 4. The number of piperidine rings is 1. The van der Waals surface area contributed by atoms with E-state index in [-0.39, 0.29) is 0 Å². The van der Waals surface area contributed by atoms with Crippen molar-refractivity contribution in [2.24, 2.45) is 11.7 Å². The number of amides is 1. The van der Waals surface area contributed by atoms with Gasteiger partial charge in [-0.15, -0.1) is 0 Å². The second-order valence-electron chi connectivity index (χ2n) is 4.61. The summed E-state index contributed by atoms with van der Waals surface area (Å²) in [7, 11) is 0. The molecule has 18 heavy (non-hydrogen) atoms. The molecular weight excluding hydrogens is 252 g/mol. The zero-order valence-electron chi connectivity index (χ0n) is 9.86. The first kappa shape index (κ1) is 11.9. The number of primary amides is 1. The van der Waals surface area contributed by atoms with E-state index >= 15 is 0 Å². The lowest BCUT2D eigenvalue weighted by atomic mass is 9.94. The molecule has 5 N–H and O–H groups in total. The fraction of sp³-hybridized carbons (Fsp3) is 0.545. The number of aromatic nitrogens is 1. The van der Waals surface area contributed by atoms with Gasteiger partial charge in [-0.2, -0.15) is 0 Å². The number of nitrogens with one attached hydrogen (secondary N) is 3. The molecule has 1 amide bonds. The zero-order chi connectivity index (χ0) is 12.5. The minimum absolute atomic E-state index is 0.353. The molecule has 6 nitrogen and oxygen atoms in total. The van der Waals surface area contributed by atoms with Gasteiger partial charge in [-0.1, -0.05) is 0 Å². The van der Waals surface area contributed by atoms with Crippen molar-refractivity contribution < 1.29 is 9.53 Å². The molecule has 0 aliphatic carbocycles. The molecule has 0 bridgehead atoms. The van der Waals surface area contributed by atoms with Crippen LogP contribution in [0, 0.1) is 5.92 Å². The van der Waals surface area contributed by atoms with Gasteiger partial charge in [-0.05, 0) is 24.9 Å². The highest BCUT2D eigenvalue weighted by atomic mass is 32.2. The van der Waals surface area contributed by atoms with Crippen LogP contribution in [-0.2, 0) is 0 Å². The fourth-order valence-electron chi connectivity index (χ4n) is 2.37. The number of aromatic amines is 1. The second kappa shape index (κ2) is 4.83. The molecule has 7 heteroatoms. The first-order valence-corrected chi connectivity index (χ1v) is 6.84. The van der Waals surface area contributed by atoms with Gasteiger partial charge in [-0.25, -0.2) is 0 Å². The lowest BCUT2D eigenvalue weighted by molar-refractivity contribution is 0.0989. The van der Waals surface area contributed by atoms with E-state index in [1.165, 1.54) is 11.9 Å². The molecule has 3 rings (SSSR count). The Morgan fingerprint density at radius 2 is 2.44 bits per heavy atom. The third kappa shape index (κ3) is 2.09. The van der Waals surface area contributed by atoms with Crippen molar-refractivity contribution in [1.82, 2.24) is 15.0 Å². The van der Waals surface area contributed by atoms with Gasteiger partial charge >= 0.3 is 0 Å². The summed E-state index contributed by atoms with van der Waals surface area (Å²) in [5.41, 5.74) is 5.67. The SMILES string of the molecule is NC(=O)c1[nH]cc2c1OCC1CCNCC1NS2. The Bertz CT molecular complexity index is 462. The number of hydrogen-bond acceptors (Lipinski definition) is 5. The highest BCUT2D eigenvalue weighted by molar-refractivity contribution is 7.97. The van der Waals surface area contributed by atoms with Gasteiger partial charge in [0.1, 0.15) is 5.69 Å². The molecule has 2 aliphatic rings. The van der Waals surface area contributed by atoms with Gasteiger partial charge in [0.15, 0.2) is 5.75 Å². The minimum Gasteiger partial charge on any atom is -0.490 e. The summed E-state index contributed by atoms with van der Waals surface area (Å²) in [4.78, 5) is 15.0. The third-order valence-electron chi connectivity index (χ3n) is 3.43. The Hall–Kier alpha value is -1.18. The molecule has 1 aromatic rings. The van der Waals surface area contributed by atoms with E-state index in [2.05, 4.69) is 15.0 Å². The van der Waals surface area contributed by atoms with Crippen molar-refractivity contribution in [1.29, 1.82) is 0 Å². The van der Waals surface area contributed by atoms with Gasteiger partial charge < -0.3 is 20.8 Å². The Labute approximate surface area is 109 Å². The number of nitrogens with two attached hydrogens (primary N) is 1. The first-order valence-electron chi connectivity index (χ1n) is 6.03. The summed E-state index contributed by atoms with van der Waals surface area (Å²) in [6.45, 7) is 2.58. The van der Waals surface area contributed by atoms with Crippen molar-refractivity contribution >= 4 is 17.9 Å². The predicted molar refractivity (Wildman–Crippen MR) is 68.6 cm³/mol. The summed E-state index contributed by atoms with van der Waals surface area (Å²) in [5, 5.41) is 3.37. The highest BCUT2D eigenvalue weighted by Gasteiger charge is 2.29. The number of ether oxygens (including phenoxy) is 1. The lowest BCUT2D eigenvalue weighted by Crippen LogP contribution is -2.49. The predicted octanol–water partition coefficient (Wildman–Crippen LogP) is 0.0808. The Morgan fingerprint density at radius 3 is 3.28 bits per heavy atom. The lowest BCUT2D eigenvalue weighted by Gasteiger charge is -2.33. The Balaban J connectivity index is 1.85. The fourth-order valence-corrected chi connectivity index (χ4v) is 3.30. The monoisotopic (exact) mass is 268 g/mol. The molecule has 2 atom stereocenters. The smallest absolute Gasteiger partial charge is 0.269 e. The van der Waals surface area contributed by atoms with Crippen molar-refractivity contribution in [3.05, 3.63) is 11.9 Å². The molecule has 2 aliphatic heterocycles. The van der Waals surface area contributed by atoms with Gasteiger partial charge in [0.25, 0.3) is 5.91 Å². The molecule has 0 radical (unpaired) electrons. The van der Waals surface area contributed by atoms with Crippen LogP contribution in [0.3, 0.4) is 0 Å². The Kier molecular flexibility index (Phi) is 3.19. The van der Waals surface area contributed by atoms with Crippen LogP contribution in [-0.4, -0.2) is 36.6 Å². The maximum absolute atomic E-state index is 11.3.